The number of hydrogen-bond donors (Lipinski definition) is 1. The number of ether oxygens (including phenoxy) is 1. The molecule has 1 aliphatic heterocycles. The van der Waals surface area contributed by atoms with Crippen molar-refractivity contribution in [3.05, 3.63) is 136 Å². The highest BCUT2D eigenvalue weighted by atomic mass is 16.5. The number of hydrogen-bond acceptors (Lipinski definition) is 5. The van der Waals surface area contributed by atoms with Gasteiger partial charge in [-0.25, -0.2) is 9.37 Å². The van der Waals surface area contributed by atoms with E-state index in [1.165, 1.54) is 42.0 Å². The molecule has 0 fully saturated rings. The molecule has 0 bridgehead atoms. The third kappa shape index (κ3) is 7.99. The van der Waals surface area contributed by atoms with Crippen LogP contribution in [0.1, 0.15) is 60.3 Å². The van der Waals surface area contributed by atoms with E-state index in [1.807, 2.05) is 55.7 Å². The van der Waals surface area contributed by atoms with E-state index < -0.39 is 5.63 Å². The number of benzene rings is 1. The maximum Gasteiger partial charge on any atom is 0.336 e. The fourth-order valence-electron chi connectivity index (χ4n) is 7.16. The maximum absolute atomic E-state index is 13.1. The smallest absolute Gasteiger partial charge is 0.336 e. The molecule has 0 spiro atoms. The Labute approximate surface area is 294 Å². The molecule has 1 N–H and O–H groups in total. The van der Waals surface area contributed by atoms with Crippen molar-refractivity contribution in [1.82, 2.24) is 5.32 Å². The van der Waals surface area contributed by atoms with Crippen LogP contribution in [0.2, 0.25) is 0 Å². The van der Waals surface area contributed by atoms with Crippen LogP contribution in [-0.4, -0.2) is 35.9 Å². The van der Waals surface area contributed by atoms with E-state index in [1.54, 1.807) is 18.4 Å². The average molecular weight is 672 g/mol. The Morgan fingerprint density at radius 2 is 1.90 bits per heavy atom. The van der Waals surface area contributed by atoms with Gasteiger partial charge in [-0.15, -0.1) is 0 Å². The Hall–Kier alpha value is -5.17. The van der Waals surface area contributed by atoms with Crippen LogP contribution in [0.5, 0.6) is 5.75 Å². The van der Waals surface area contributed by atoms with Gasteiger partial charge in [0, 0.05) is 41.1 Å². The van der Waals surface area contributed by atoms with E-state index in [0.717, 1.165) is 35.0 Å². The summed E-state index contributed by atoms with van der Waals surface area (Å²) in [5.41, 5.74) is 6.58. The largest absolute Gasteiger partial charge is 0.486 e. The summed E-state index contributed by atoms with van der Waals surface area (Å²) in [4.78, 5) is 25.0. The van der Waals surface area contributed by atoms with Crippen LogP contribution >= 0.6 is 0 Å². The van der Waals surface area contributed by atoms with Crippen molar-refractivity contribution in [3.8, 4) is 5.75 Å². The first kappa shape index (κ1) is 34.7. The second-order valence-electron chi connectivity index (χ2n) is 14.1. The lowest BCUT2D eigenvalue weighted by Crippen LogP contribution is -2.41. The number of furan rings is 1. The molecule has 1 aromatic carbocycles. The molecule has 3 heterocycles. The minimum Gasteiger partial charge on any atom is -0.486 e. The van der Waals surface area contributed by atoms with E-state index in [0.29, 0.717) is 23.5 Å². The first-order valence-corrected chi connectivity index (χ1v) is 17.5. The van der Waals surface area contributed by atoms with Crippen molar-refractivity contribution < 1.29 is 22.9 Å². The van der Waals surface area contributed by atoms with Gasteiger partial charge in [0.2, 0.25) is 11.7 Å². The monoisotopic (exact) mass is 671 g/mol. The highest BCUT2D eigenvalue weighted by Gasteiger charge is 2.34. The second-order valence-corrected chi connectivity index (χ2v) is 14.1. The molecule has 0 saturated carbocycles. The third-order valence-corrected chi connectivity index (χ3v) is 9.78. The van der Waals surface area contributed by atoms with E-state index in [9.17, 15) is 9.59 Å². The van der Waals surface area contributed by atoms with Gasteiger partial charge in [-0.3, -0.25) is 4.79 Å². The van der Waals surface area contributed by atoms with E-state index >= 15 is 0 Å². The molecular formula is C43H47N2O5+. The molecule has 2 unspecified atom stereocenters. The van der Waals surface area contributed by atoms with Gasteiger partial charge in [0.25, 0.3) is 0 Å². The summed E-state index contributed by atoms with van der Waals surface area (Å²) in [5.74, 6) is 0.308. The number of carbonyl (C=O) groups excluding carboxylic acids is 1. The Morgan fingerprint density at radius 3 is 2.74 bits per heavy atom. The van der Waals surface area contributed by atoms with Gasteiger partial charge in [0.15, 0.2) is 23.4 Å². The van der Waals surface area contributed by atoms with E-state index in [4.69, 9.17) is 13.6 Å². The molecule has 7 nitrogen and oxygen atoms in total. The van der Waals surface area contributed by atoms with Gasteiger partial charge in [0.1, 0.15) is 6.54 Å². The van der Waals surface area contributed by atoms with Crippen LogP contribution in [0.3, 0.4) is 0 Å². The molecule has 0 saturated heterocycles. The number of nitrogens with one attached hydrogen (secondary N) is 1. The topological polar surface area (TPSA) is 84.7 Å². The lowest BCUT2D eigenvalue weighted by molar-refractivity contribution is -0.556. The van der Waals surface area contributed by atoms with Crippen molar-refractivity contribution >= 4 is 34.1 Å². The standard InChI is InChI=1S/C43H46N2O5/c1-29(16-18-35-31(3)13-9-22-43(35,4)5)11-8-12-30(2)27-38(46)44-36-20-24-45(37-15-7-6-14-34(36)37)23-10-25-48-42-40-33(21-26-49-40)28-32-17-19-39(47)50-41(32)42/h6-8,11-12,14-21,24,26-28,34,37H,9-10,13,22-23,25H2,1-5H3/p+1/b12-8+,18-16+,29-11+,30-27+. The molecule has 3 aliphatic rings. The number of rotatable bonds is 11. The lowest BCUT2D eigenvalue weighted by atomic mass is 9.72. The summed E-state index contributed by atoms with van der Waals surface area (Å²) in [7, 11) is 0. The molecule has 50 heavy (non-hydrogen) atoms. The zero-order chi connectivity index (χ0) is 35.3. The van der Waals surface area contributed by atoms with Gasteiger partial charge in [-0.2, -0.15) is 0 Å². The van der Waals surface area contributed by atoms with Gasteiger partial charge in [-0.05, 0) is 80.9 Å². The predicted octanol–water partition coefficient (Wildman–Crippen LogP) is 9.05. The Bertz CT molecular complexity index is 2120. The van der Waals surface area contributed by atoms with Crippen molar-refractivity contribution in [2.24, 2.45) is 11.3 Å². The number of amides is 1. The van der Waals surface area contributed by atoms with Gasteiger partial charge in [0.05, 0.1) is 18.8 Å². The summed E-state index contributed by atoms with van der Waals surface area (Å²) >= 11 is 0. The number of nitrogens with zero attached hydrogens (tertiary/aromatic N) is 1. The molecule has 2 atom stereocenters. The number of fused-ring (bicyclic) bond motifs is 3. The minimum atomic E-state index is -0.436. The molecule has 3 aromatic rings. The van der Waals surface area contributed by atoms with Crippen LogP contribution in [0.25, 0.3) is 21.9 Å². The first-order chi connectivity index (χ1) is 24.1. The van der Waals surface area contributed by atoms with Gasteiger partial charge < -0.3 is 18.9 Å². The maximum atomic E-state index is 13.1. The first-order valence-electron chi connectivity index (χ1n) is 17.5. The quantitative estimate of drug-likeness (QED) is 0.0723. The molecule has 0 radical (unpaired) electrons. The number of carbonyl (C=O) groups is 1. The molecule has 1 amide bonds. The molecule has 6 rings (SSSR count). The van der Waals surface area contributed by atoms with Crippen molar-refractivity contribution in [3.63, 3.8) is 0 Å². The molecular weight excluding hydrogens is 624 g/mol. The normalized spacial score (nSPS) is 20.9. The SMILES string of the molecule is CC1=C(/C=C/C(C)=C/C=C/C(C)=C/C(=O)NC2=CC=[N+](CCCOc3c4occc4cc4ccc(=O)oc34)C3C=CC=CC23)C(C)(C)CCC1. The van der Waals surface area contributed by atoms with Crippen LogP contribution in [0.4, 0.5) is 0 Å². The minimum absolute atomic E-state index is 0.0134. The summed E-state index contributed by atoms with van der Waals surface area (Å²) in [5, 5.41) is 4.79. The predicted molar refractivity (Wildman–Crippen MR) is 201 cm³/mol. The molecule has 7 heteroatoms. The molecule has 2 aliphatic carbocycles. The summed E-state index contributed by atoms with van der Waals surface area (Å²) in [6.45, 7) is 12.1. The average Bonchev–Trinajstić information content (AvgIpc) is 3.55. The van der Waals surface area contributed by atoms with Crippen LogP contribution < -0.4 is 15.7 Å². The second kappa shape index (κ2) is 15.2. The lowest BCUT2D eigenvalue weighted by Gasteiger charge is -2.32. The highest BCUT2D eigenvalue weighted by Crippen LogP contribution is 2.41. The Kier molecular flexibility index (Phi) is 10.5. The number of allylic oxidation sites excluding steroid dienone is 12. The zero-order valence-corrected chi connectivity index (χ0v) is 29.7. The van der Waals surface area contributed by atoms with Crippen molar-refractivity contribution in [2.75, 3.05) is 13.2 Å². The van der Waals surface area contributed by atoms with E-state index in [2.05, 4.69) is 68.0 Å². The molecule has 258 valence electrons. The highest BCUT2D eigenvalue weighted by molar-refractivity contribution is 6.00. The summed E-state index contributed by atoms with van der Waals surface area (Å²) in [6, 6.07) is 6.99. The Morgan fingerprint density at radius 1 is 1.08 bits per heavy atom. The zero-order valence-electron chi connectivity index (χ0n) is 29.7. The Balaban J connectivity index is 1.06. The fraction of sp³-hybridized carbons (Fsp3) is 0.326. The molecule has 2 aromatic heterocycles. The summed E-state index contributed by atoms with van der Waals surface area (Å²) in [6.07, 6.45) is 30.5. The van der Waals surface area contributed by atoms with E-state index in [-0.39, 0.29) is 23.3 Å². The van der Waals surface area contributed by atoms with Gasteiger partial charge >= 0.3 is 5.63 Å². The van der Waals surface area contributed by atoms with Crippen LogP contribution in [0.15, 0.2) is 139 Å². The fourth-order valence-corrected chi connectivity index (χ4v) is 7.16. The van der Waals surface area contributed by atoms with Gasteiger partial charge in [-0.1, -0.05) is 73.6 Å². The third-order valence-electron chi connectivity index (χ3n) is 9.78. The van der Waals surface area contributed by atoms with Crippen LogP contribution in [0, 0.1) is 11.3 Å². The van der Waals surface area contributed by atoms with Crippen LogP contribution in [-0.2, 0) is 4.79 Å². The van der Waals surface area contributed by atoms with Crippen molar-refractivity contribution in [2.45, 2.75) is 66.3 Å². The summed E-state index contributed by atoms with van der Waals surface area (Å²) < 4.78 is 19.6. The van der Waals surface area contributed by atoms with Crippen molar-refractivity contribution in [1.29, 1.82) is 0 Å².